The van der Waals surface area contributed by atoms with Crippen LogP contribution in [0.2, 0.25) is 0 Å². The van der Waals surface area contributed by atoms with E-state index in [9.17, 15) is 0 Å². The monoisotopic (exact) mass is 459 g/mol. The van der Waals surface area contributed by atoms with Gasteiger partial charge in [0.15, 0.2) is 5.96 Å². The normalized spacial score (nSPS) is 21.5. The molecular formula is C19H30IN3O2. The molecule has 0 amide bonds. The number of ether oxygens (including phenoxy) is 2. The molecule has 0 spiro atoms. The summed E-state index contributed by atoms with van der Waals surface area (Å²) in [5, 5.41) is 6.78. The first kappa shape index (κ1) is 20.5. The SMILES string of the molecule is CN=C(NCCOCC1CCCO1)NCC1(c2ccccc2)CC1.I. The zero-order valence-electron chi connectivity index (χ0n) is 15.0. The minimum atomic E-state index is 0. The first-order valence-corrected chi connectivity index (χ1v) is 9.02. The fourth-order valence-corrected chi connectivity index (χ4v) is 3.22. The molecule has 1 heterocycles. The molecule has 1 aliphatic carbocycles. The van der Waals surface area contributed by atoms with Gasteiger partial charge in [0.05, 0.1) is 19.3 Å². The van der Waals surface area contributed by atoms with Gasteiger partial charge in [0.25, 0.3) is 0 Å². The molecule has 1 aliphatic heterocycles. The molecule has 1 aromatic carbocycles. The highest BCUT2D eigenvalue weighted by Crippen LogP contribution is 2.47. The van der Waals surface area contributed by atoms with Gasteiger partial charge < -0.3 is 20.1 Å². The zero-order chi connectivity index (χ0) is 16.7. The molecule has 140 valence electrons. The Labute approximate surface area is 168 Å². The van der Waals surface area contributed by atoms with Gasteiger partial charge in [0.2, 0.25) is 0 Å². The Morgan fingerprint density at radius 2 is 2.08 bits per heavy atom. The third kappa shape index (κ3) is 6.11. The predicted octanol–water partition coefficient (Wildman–Crippen LogP) is 2.70. The van der Waals surface area contributed by atoms with E-state index in [1.54, 1.807) is 0 Å². The summed E-state index contributed by atoms with van der Waals surface area (Å²) >= 11 is 0. The maximum absolute atomic E-state index is 5.67. The maximum Gasteiger partial charge on any atom is 0.191 e. The highest BCUT2D eigenvalue weighted by Gasteiger charge is 2.43. The Morgan fingerprint density at radius 1 is 1.28 bits per heavy atom. The average Bonchev–Trinajstić information content (AvgIpc) is 3.24. The van der Waals surface area contributed by atoms with E-state index in [1.165, 1.54) is 18.4 Å². The van der Waals surface area contributed by atoms with E-state index in [1.807, 2.05) is 7.05 Å². The second-order valence-corrected chi connectivity index (χ2v) is 6.71. The van der Waals surface area contributed by atoms with Crippen molar-refractivity contribution >= 4 is 29.9 Å². The van der Waals surface area contributed by atoms with Crippen LogP contribution in [0.15, 0.2) is 35.3 Å². The van der Waals surface area contributed by atoms with Gasteiger partial charge in [-0.15, -0.1) is 24.0 Å². The maximum atomic E-state index is 5.67. The molecule has 1 saturated carbocycles. The lowest BCUT2D eigenvalue weighted by Gasteiger charge is -2.19. The van der Waals surface area contributed by atoms with Crippen molar-refractivity contribution in [3.05, 3.63) is 35.9 Å². The number of hydrogen-bond acceptors (Lipinski definition) is 3. The molecule has 3 rings (SSSR count). The van der Waals surface area contributed by atoms with Gasteiger partial charge in [0.1, 0.15) is 0 Å². The molecule has 5 nitrogen and oxygen atoms in total. The summed E-state index contributed by atoms with van der Waals surface area (Å²) in [5.74, 6) is 0.845. The number of benzene rings is 1. The quantitative estimate of drug-likeness (QED) is 0.272. The summed E-state index contributed by atoms with van der Waals surface area (Å²) in [6.07, 6.45) is 5.06. The van der Waals surface area contributed by atoms with Crippen molar-refractivity contribution in [2.75, 3.05) is 40.0 Å². The van der Waals surface area contributed by atoms with Gasteiger partial charge in [-0.05, 0) is 31.2 Å². The minimum Gasteiger partial charge on any atom is -0.377 e. The van der Waals surface area contributed by atoms with Crippen LogP contribution in [0.4, 0.5) is 0 Å². The molecule has 6 heteroatoms. The number of guanidine groups is 1. The summed E-state index contributed by atoms with van der Waals surface area (Å²) in [5.41, 5.74) is 1.71. The second kappa shape index (κ2) is 10.3. The molecule has 1 aromatic rings. The minimum absolute atomic E-state index is 0. The Bertz CT molecular complexity index is 529. The van der Waals surface area contributed by atoms with E-state index in [0.717, 1.165) is 38.5 Å². The topological polar surface area (TPSA) is 54.9 Å². The predicted molar refractivity (Wildman–Crippen MR) is 112 cm³/mol. The summed E-state index contributed by atoms with van der Waals surface area (Å²) in [4.78, 5) is 4.30. The van der Waals surface area contributed by atoms with Gasteiger partial charge >= 0.3 is 0 Å². The molecule has 2 N–H and O–H groups in total. The van der Waals surface area contributed by atoms with Gasteiger partial charge in [-0.1, -0.05) is 30.3 Å². The van der Waals surface area contributed by atoms with Crippen molar-refractivity contribution in [1.82, 2.24) is 10.6 Å². The van der Waals surface area contributed by atoms with Crippen LogP contribution in [0, 0.1) is 0 Å². The van der Waals surface area contributed by atoms with Crippen LogP contribution >= 0.6 is 24.0 Å². The molecule has 2 aliphatic rings. The first-order chi connectivity index (χ1) is 11.8. The van der Waals surface area contributed by atoms with E-state index in [0.29, 0.717) is 19.3 Å². The summed E-state index contributed by atoms with van der Waals surface area (Å²) in [6.45, 7) is 3.93. The molecular weight excluding hydrogens is 429 g/mol. The molecule has 25 heavy (non-hydrogen) atoms. The number of rotatable bonds is 8. The van der Waals surface area contributed by atoms with Crippen molar-refractivity contribution in [3.8, 4) is 0 Å². The van der Waals surface area contributed by atoms with Crippen LogP contribution in [0.5, 0.6) is 0 Å². The van der Waals surface area contributed by atoms with Crippen LogP contribution in [0.1, 0.15) is 31.2 Å². The van der Waals surface area contributed by atoms with Gasteiger partial charge in [-0.3, -0.25) is 4.99 Å². The van der Waals surface area contributed by atoms with E-state index in [4.69, 9.17) is 9.47 Å². The Kier molecular flexibility index (Phi) is 8.45. The molecule has 1 saturated heterocycles. The third-order valence-corrected chi connectivity index (χ3v) is 4.92. The molecule has 2 fully saturated rings. The van der Waals surface area contributed by atoms with Crippen molar-refractivity contribution in [1.29, 1.82) is 0 Å². The third-order valence-electron chi connectivity index (χ3n) is 4.92. The Morgan fingerprint density at radius 3 is 2.72 bits per heavy atom. The smallest absolute Gasteiger partial charge is 0.191 e. The summed E-state index contributed by atoms with van der Waals surface area (Å²) < 4.78 is 11.2. The number of nitrogens with zero attached hydrogens (tertiary/aromatic N) is 1. The first-order valence-electron chi connectivity index (χ1n) is 9.02. The van der Waals surface area contributed by atoms with Crippen LogP contribution < -0.4 is 10.6 Å². The number of aliphatic imine (C=N–C) groups is 1. The molecule has 1 unspecified atom stereocenters. The lowest BCUT2D eigenvalue weighted by Crippen LogP contribution is -2.42. The highest BCUT2D eigenvalue weighted by molar-refractivity contribution is 14.0. The van der Waals surface area contributed by atoms with E-state index >= 15 is 0 Å². The highest BCUT2D eigenvalue weighted by atomic mass is 127. The molecule has 0 radical (unpaired) electrons. The van der Waals surface area contributed by atoms with Crippen LogP contribution in [-0.4, -0.2) is 52.0 Å². The number of halogens is 1. The van der Waals surface area contributed by atoms with E-state index in [-0.39, 0.29) is 29.4 Å². The molecule has 0 bridgehead atoms. The van der Waals surface area contributed by atoms with Crippen molar-refractivity contribution in [2.24, 2.45) is 4.99 Å². The summed E-state index contributed by atoms with van der Waals surface area (Å²) in [7, 11) is 1.81. The lowest BCUT2D eigenvalue weighted by molar-refractivity contribution is 0.0191. The van der Waals surface area contributed by atoms with E-state index < -0.39 is 0 Å². The summed E-state index contributed by atoms with van der Waals surface area (Å²) in [6, 6.07) is 10.8. The average molecular weight is 459 g/mol. The van der Waals surface area contributed by atoms with Gasteiger partial charge in [-0.2, -0.15) is 0 Å². The fraction of sp³-hybridized carbons (Fsp3) is 0.632. The van der Waals surface area contributed by atoms with Crippen molar-refractivity contribution in [3.63, 3.8) is 0 Å². The van der Waals surface area contributed by atoms with Crippen molar-refractivity contribution < 1.29 is 9.47 Å². The Hall–Kier alpha value is -0.860. The number of hydrogen-bond donors (Lipinski definition) is 2. The van der Waals surface area contributed by atoms with Crippen LogP contribution in [0.3, 0.4) is 0 Å². The lowest BCUT2D eigenvalue weighted by atomic mass is 9.96. The van der Waals surface area contributed by atoms with Gasteiger partial charge in [0, 0.05) is 32.2 Å². The van der Waals surface area contributed by atoms with Crippen LogP contribution in [-0.2, 0) is 14.9 Å². The Balaban J connectivity index is 0.00000225. The largest absolute Gasteiger partial charge is 0.377 e. The van der Waals surface area contributed by atoms with E-state index in [2.05, 4.69) is 46.0 Å². The molecule has 1 atom stereocenters. The zero-order valence-corrected chi connectivity index (χ0v) is 17.3. The number of nitrogens with one attached hydrogen (secondary N) is 2. The van der Waals surface area contributed by atoms with Crippen LogP contribution in [0.25, 0.3) is 0 Å². The van der Waals surface area contributed by atoms with Crippen molar-refractivity contribution in [2.45, 2.75) is 37.2 Å². The molecule has 0 aromatic heterocycles. The second-order valence-electron chi connectivity index (χ2n) is 6.71. The van der Waals surface area contributed by atoms with Gasteiger partial charge in [-0.25, -0.2) is 0 Å². The standard InChI is InChI=1S/C19H29N3O2.HI/c1-20-18(21-11-13-23-14-17-8-5-12-24-17)22-15-19(9-10-19)16-6-3-2-4-7-16;/h2-4,6-7,17H,5,8-15H2,1H3,(H2,20,21,22);1H. The fourth-order valence-electron chi connectivity index (χ4n) is 3.22.